The molecule has 1 aromatic rings. The Bertz CT molecular complexity index is 490. The molecular weight excluding hydrogens is 266 g/mol. The Morgan fingerprint density at radius 3 is 2.45 bits per heavy atom. The van der Waals surface area contributed by atoms with Crippen LogP contribution in [-0.2, 0) is 9.59 Å². The molecule has 0 bridgehead atoms. The van der Waals surface area contributed by atoms with Gasteiger partial charge in [-0.15, -0.1) is 0 Å². The van der Waals surface area contributed by atoms with Crippen molar-refractivity contribution in [2.45, 2.75) is 18.6 Å². The molecule has 1 rings (SSSR count). The van der Waals surface area contributed by atoms with Gasteiger partial charge in [0.25, 0.3) is 0 Å². The van der Waals surface area contributed by atoms with Crippen molar-refractivity contribution >= 4 is 11.9 Å². The highest BCUT2D eigenvalue weighted by Gasteiger charge is 2.27. The van der Waals surface area contributed by atoms with E-state index in [4.69, 9.17) is 10.2 Å². The second-order valence-electron chi connectivity index (χ2n) is 4.50. The van der Waals surface area contributed by atoms with Crippen molar-refractivity contribution in [3.8, 4) is 5.75 Å². The maximum absolute atomic E-state index is 11.0. The van der Waals surface area contributed by atoms with Crippen molar-refractivity contribution in [1.82, 2.24) is 4.90 Å². The molecule has 0 radical (unpaired) electrons. The van der Waals surface area contributed by atoms with Crippen molar-refractivity contribution in [2.24, 2.45) is 0 Å². The van der Waals surface area contributed by atoms with Gasteiger partial charge in [0, 0.05) is 6.54 Å². The number of aliphatic hydroxyl groups is 1. The zero-order chi connectivity index (χ0) is 15.3. The second-order valence-corrected chi connectivity index (χ2v) is 4.50. The number of benzene rings is 1. The maximum Gasteiger partial charge on any atom is 0.321 e. The molecule has 0 saturated heterocycles. The second kappa shape index (κ2) is 6.88. The summed E-state index contributed by atoms with van der Waals surface area (Å²) in [5.74, 6) is -2.50. The smallest absolute Gasteiger partial charge is 0.321 e. The van der Waals surface area contributed by atoms with E-state index in [1.807, 2.05) is 0 Å². The largest absolute Gasteiger partial charge is 0.508 e. The number of aliphatic carboxylic acids is 2. The Hall–Kier alpha value is -2.12. The number of phenolic OH excluding ortho intramolecular Hbond substituents is 1. The molecule has 0 heterocycles. The highest BCUT2D eigenvalue weighted by Crippen LogP contribution is 2.19. The van der Waals surface area contributed by atoms with Crippen molar-refractivity contribution < 1.29 is 30.0 Å². The highest BCUT2D eigenvalue weighted by atomic mass is 16.4. The average molecular weight is 283 g/mol. The average Bonchev–Trinajstić information content (AvgIpc) is 2.35. The third kappa shape index (κ3) is 4.52. The minimum atomic E-state index is -1.27. The Morgan fingerprint density at radius 2 is 1.95 bits per heavy atom. The van der Waals surface area contributed by atoms with Crippen molar-refractivity contribution in [3.05, 3.63) is 29.8 Å². The van der Waals surface area contributed by atoms with Gasteiger partial charge >= 0.3 is 11.9 Å². The van der Waals surface area contributed by atoms with Gasteiger partial charge in [0.05, 0.1) is 12.5 Å². The number of hydrogen-bond acceptors (Lipinski definition) is 5. The summed E-state index contributed by atoms with van der Waals surface area (Å²) in [5.41, 5.74) is 0.427. The van der Waals surface area contributed by atoms with Crippen molar-refractivity contribution in [2.75, 3.05) is 13.6 Å². The monoisotopic (exact) mass is 283 g/mol. The zero-order valence-corrected chi connectivity index (χ0v) is 10.9. The van der Waals surface area contributed by atoms with E-state index in [1.54, 1.807) is 12.1 Å². The number of aromatic hydroxyl groups is 1. The predicted molar refractivity (Wildman–Crippen MR) is 69.4 cm³/mol. The summed E-state index contributed by atoms with van der Waals surface area (Å²) in [6.07, 6.45) is -1.58. The van der Waals surface area contributed by atoms with Crippen LogP contribution in [0.4, 0.5) is 0 Å². The number of carboxylic acid groups (broad SMARTS) is 2. The van der Waals surface area contributed by atoms with Crippen LogP contribution in [0.1, 0.15) is 18.1 Å². The first-order valence-electron chi connectivity index (χ1n) is 5.93. The van der Waals surface area contributed by atoms with Gasteiger partial charge in [0.15, 0.2) is 0 Å². The van der Waals surface area contributed by atoms with Gasteiger partial charge in [-0.05, 0) is 24.7 Å². The first-order chi connectivity index (χ1) is 9.31. The van der Waals surface area contributed by atoms with Gasteiger partial charge in [-0.1, -0.05) is 12.1 Å². The van der Waals surface area contributed by atoms with Crippen LogP contribution < -0.4 is 0 Å². The molecule has 0 spiro atoms. The van der Waals surface area contributed by atoms with E-state index in [0.29, 0.717) is 5.56 Å². The molecule has 7 nitrogen and oxygen atoms in total. The molecule has 0 aliphatic rings. The van der Waals surface area contributed by atoms with Gasteiger partial charge in [-0.3, -0.25) is 14.5 Å². The minimum Gasteiger partial charge on any atom is -0.508 e. The fourth-order valence-electron chi connectivity index (χ4n) is 1.83. The summed E-state index contributed by atoms with van der Waals surface area (Å²) in [5, 5.41) is 37.0. The summed E-state index contributed by atoms with van der Waals surface area (Å²) in [4.78, 5) is 22.9. The lowest BCUT2D eigenvalue weighted by Gasteiger charge is -2.25. The van der Waals surface area contributed by atoms with Gasteiger partial charge in [-0.2, -0.15) is 0 Å². The third-order valence-electron chi connectivity index (χ3n) is 2.90. The Labute approximate surface area is 115 Å². The van der Waals surface area contributed by atoms with E-state index in [-0.39, 0.29) is 12.3 Å². The lowest BCUT2D eigenvalue weighted by molar-refractivity contribution is -0.149. The lowest BCUT2D eigenvalue weighted by atomic mass is 10.1. The molecule has 0 amide bonds. The number of hydrogen-bond donors (Lipinski definition) is 4. The molecule has 2 atom stereocenters. The molecule has 0 aliphatic heterocycles. The number of carboxylic acids is 2. The predicted octanol–water partition coefficient (Wildman–Crippen LogP) is 0.285. The topological polar surface area (TPSA) is 118 Å². The molecule has 4 N–H and O–H groups in total. The molecule has 1 aromatic carbocycles. The fourth-order valence-corrected chi connectivity index (χ4v) is 1.83. The summed E-state index contributed by atoms with van der Waals surface area (Å²) < 4.78 is 0. The van der Waals surface area contributed by atoms with E-state index >= 15 is 0 Å². The third-order valence-corrected chi connectivity index (χ3v) is 2.90. The van der Waals surface area contributed by atoms with Crippen LogP contribution in [0.2, 0.25) is 0 Å². The number of phenols is 1. The first kappa shape index (κ1) is 15.9. The van der Waals surface area contributed by atoms with Crippen molar-refractivity contribution in [1.29, 1.82) is 0 Å². The molecule has 110 valence electrons. The van der Waals surface area contributed by atoms with Gasteiger partial charge in [0.1, 0.15) is 11.8 Å². The van der Waals surface area contributed by atoms with Crippen LogP contribution in [-0.4, -0.2) is 56.9 Å². The number of nitrogens with zero attached hydrogens (tertiary/aromatic N) is 1. The SMILES string of the molecule is CN(C[C@H](O)c1cccc(O)c1)[C@@H](CC(=O)O)C(=O)O. The molecule has 0 fully saturated rings. The maximum atomic E-state index is 11.0. The standard InChI is InChI=1S/C13H17NO6/c1-14(10(13(19)20)6-12(17)18)7-11(16)8-3-2-4-9(15)5-8/h2-5,10-11,15-16H,6-7H2,1H3,(H,17,18)(H,19,20)/t10-,11-/m0/s1. The number of rotatable bonds is 7. The van der Waals surface area contributed by atoms with Crippen LogP contribution in [0.25, 0.3) is 0 Å². The number of aliphatic hydroxyl groups excluding tert-OH is 1. The van der Waals surface area contributed by atoms with Crippen LogP contribution in [0.3, 0.4) is 0 Å². The molecule has 0 unspecified atom stereocenters. The van der Waals surface area contributed by atoms with E-state index in [9.17, 15) is 19.8 Å². The van der Waals surface area contributed by atoms with Gasteiger partial charge in [0.2, 0.25) is 0 Å². The quantitative estimate of drug-likeness (QED) is 0.567. The Kier molecular flexibility index (Phi) is 5.48. The van der Waals surface area contributed by atoms with Crippen molar-refractivity contribution in [3.63, 3.8) is 0 Å². The minimum absolute atomic E-state index is 0.00970. The van der Waals surface area contributed by atoms with Gasteiger partial charge < -0.3 is 20.4 Å². The normalized spacial score (nSPS) is 13.9. The van der Waals surface area contributed by atoms with E-state index in [0.717, 1.165) is 0 Å². The van der Waals surface area contributed by atoms with E-state index < -0.39 is 30.5 Å². The molecule has 7 heteroatoms. The van der Waals surface area contributed by atoms with Crippen LogP contribution in [0.15, 0.2) is 24.3 Å². The fraction of sp³-hybridized carbons (Fsp3) is 0.385. The summed E-state index contributed by atoms with van der Waals surface area (Å²) in [6.45, 7) is -0.0618. The summed E-state index contributed by atoms with van der Waals surface area (Å²) >= 11 is 0. The zero-order valence-electron chi connectivity index (χ0n) is 10.9. The lowest BCUT2D eigenvalue weighted by Crippen LogP contribution is -2.42. The number of likely N-dealkylation sites (N-methyl/N-ethyl adjacent to an activating group) is 1. The molecule has 20 heavy (non-hydrogen) atoms. The van der Waals surface area contributed by atoms with Crippen LogP contribution >= 0.6 is 0 Å². The summed E-state index contributed by atoms with van der Waals surface area (Å²) in [6, 6.07) is 4.74. The molecule has 0 saturated carbocycles. The van der Waals surface area contributed by atoms with Crippen LogP contribution in [0.5, 0.6) is 5.75 Å². The van der Waals surface area contributed by atoms with Crippen LogP contribution in [0, 0.1) is 0 Å². The van der Waals surface area contributed by atoms with E-state index in [1.165, 1.54) is 24.1 Å². The summed E-state index contributed by atoms with van der Waals surface area (Å²) in [7, 11) is 1.42. The Balaban J connectivity index is 2.74. The first-order valence-corrected chi connectivity index (χ1v) is 5.93. The highest BCUT2D eigenvalue weighted by molar-refractivity contribution is 5.80. The Morgan fingerprint density at radius 1 is 1.30 bits per heavy atom. The molecule has 0 aliphatic carbocycles. The molecular formula is C13H17NO6. The number of carbonyl (C=O) groups is 2. The van der Waals surface area contributed by atoms with Gasteiger partial charge in [-0.25, -0.2) is 0 Å². The molecule has 0 aromatic heterocycles. The van der Waals surface area contributed by atoms with E-state index in [2.05, 4.69) is 0 Å².